The lowest BCUT2D eigenvalue weighted by molar-refractivity contribution is -0.147. The van der Waals surface area contributed by atoms with Gasteiger partial charge in [0.25, 0.3) is 6.43 Å². The van der Waals surface area contributed by atoms with Gasteiger partial charge < -0.3 is 14.4 Å². The molecule has 1 N–H and O–H groups in total. The van der Waals surface area contributed by atoms with Crippen LogP contribution in [0.5, 0.6) is 0 Å². The van der Waals surface area contributed by atoms with Crippen molar-refractivity contribution in [2.24, 2.45) is 0 Å². The lowest BCUT2D eigenvalue weighted by Crippen LogP contribution is -2.50. The summed E-state index contributed by atoms with van der Waals surface area (Å²) in [7, 11) is 0. The molecule has 0 saturated carbocycles. The third kappa shape index (κ3) is 3.06. The average Bonchev–Trinajstić information content (AvgIpc) is 2.91. The maximum Gasteiger partial charge on any atom is 0.266 e. The molecule has 23 heavy (non-hydrogen) atoms. The molecule has 2 aromatic heterocycles. The summed E-state index contributed by atoms with van der Waals surface area (Å²) >= 11 is 0. The van der Waals surface area contributed by atoms with E-state index in [0.717, 1.165) is 11.2 Å². The first-order chi connectivity index (χ1) is 10.9. The fraction of sp³-hybridized carbons (Fsp3) is 0.500. The summed E-state index contributed by atoms with van der Waals surface area (Å²) in [6.45, 7) is 2.24. The zero-order valence-corrected chi connectivity index (χ0v) is 12.9. The molecule has 0 aromatic carbocycles. The molecule has 0 atom stereocenters. The Labute approximate surface area is 132 Å². The smallest absolute Gasteiger partial charge is 0.266 e. The Morgan fingerprint density at radius 3 is 2.74 bits per heavy atom. The van der Waals surface area contributed by atoms with Crippen LogP contribution in [-0.2, 0) is 11.2 Å². The maximum absolute atomic E-state index is 12.8. The number of hydrogen-bond acceptors (Lipinski definition) is 3. The number of fused-ring (bicyclic) bond motifs is 1. The molecule has 1 fully saturated rings. The van der Waals surface area contributed by atoms with Crippen molar-refractivity contribution in [3.05, 3.63) is 35.8 Å². The van der Waals surface area contributed by atoms with Crippen LogP contribution in [0, 0.1) is 6.92 Å². The Balaban J connectivity index is 1.66. The molecule has 1 saturated heterocycles. The number of likely N-dealkylation sites (tertiary alicyclic amines) is 1. The maximum atomic E-state index is 12.8. The van der Waals surface area contributed by atoms with Gasteiger partial charge in [-0.2, -0.15) is 0 Å². The van der Waals surface area contributed by atoms with Gasteiger partial charge in [0.2, 0.25) is 5.91 Å². The van der Waals surface area contributed by atoms with Gasteiger partial charge in [0.05, 0.1) is 12.1 Å². The second-order valence-electron chi connectivity index (χ2n) is 6.12. The molecular weight excluding hydrogens is 304 g/mol. The number of halogens is 2. The highest BCUT2D eigenvalue weighted by atomic mass is 19.3. The molecule has 1 amide bonds. The molecule has 124 valence electrons. The van der Waals surface area contributed by atoms with Gasteiger partial charge in [-0.1, -0.05) is 6.07 Å². The normalized spacial score (nSPS) is 17.9. The minimum absolute atomic E-state index is 0.0965. The van der Waals surface area contributed by atoms with Crippen molar-refractivity contribution in [3.63, 3.8) is 0 Å². The lowest BCUT2D eigenvalue weighted by atomic mass is 9.92. The number of amides is 1. The van der Waals surface area contributed by atoms with Crippen LogP contribution in [-0.4, -0.2) is 50.4 Å². The number of imidazole rings is 1. The number of rotatable bonds is 3. The molecule has 0 unspecified atom stereocenters. The summed E-state index contributed by atoms with van der Waals surface area (Å²) < 4.78 is 27.4. The highest BCUT2D eigenvalue weighted by Gasteiger charge is 2.41. The molecule has 1 aliphatic heterocycles. The van der Waals surface area contributed by atoms with Gasteiger partial charge in [-0.3, -0.25) is 4.79 Å². The van der Waals surface area contributed by atoms with Crippen molar-refractivity contribution in [3.8, 4) is 0 Å². The average molecular weight is 323 g/mol. The number of carbonyl (C=O) groups is 1. The van der Waals surface area contributed by atoms with Gasteiger partial charge in [-0.05, 0) is 31.4 Å². The molecule has 0 aliphatic carbocycles. The van der Waals surface area contributed by atoms with Gasteiger partial charge in [0.1, 0.15) is 11.2 Å². The molecule has 3 rings (SSSR count). The number of aliphatic hydroxyl groups is 1. The predicted molar refractivity (Wildman–Crippen MR) is 80.4 cm³/mol. The number of alkyl halides is 2. The van der Waals surface area contributed by atoms with Crippen LogP contribution in [0.1, 0.15) is 24.1 Å². The van der Waals surface area contributed by atoms with Gasteiger partial charge in [0.15, 0.2) is 0 Å². The first-order valence-electron chi connectivity index (χ1n) is 7.60. The van der Waals surface area contributed by atoms with Gasteiger partial charge in [-0.15, -0.1) is 0 Å². The van der Waals surface area contributed by atoms with E-state index < -0.39 is 12.0 Å². The van der Waals surface area contributed by atoms with E-state index in [1.165, 1.54) is 4.90 Å². The second-order valence-corrected chi connectivity index (χ2v) is 6.12. The summed E-state index contributed by atoms with van der Waals surface area (Å²) in [6.07, 6.45) is 0.837. The summed E-state index contributed by atoms with van der Waals surface area (Å²) in [6, 6.07) is 3.86. The molecular formula is C16H19F2N3O2. The van der Waals surface area contributed by atoms with Gasteiger partial charge >= 0.3 is 0 Å². The number of hydrogen-bond donors (Lipinski definition) is 1. The van der Waals surface area contributed by atoms with Crippen LogP contribution >= 0.6 is 0 Å². The van der Waals surface area contributed by atoms with E-state index in [2.05, 4.69) is 4.98 Å². The Bertz CT molecular complexity index is 721. The van der Waals surface area contributed by atoms with E-state index in [0.29, 0.717) is 5.69 Å². The number of carbonyl (C=O) groups excluding carboxylic acids is 1. The van der Waals surface area contributed by atoms with E-state index in [1.807, 2.05) is 29.7 Å². The Hall–Kier alpha value is -2.02. The van der Waals surface area contributed by atoms with Crippen molar-refractivity contribution in [2.45, 2.75) is 38.2 Å². The minimum atomic E-state index is -2.78. The van der Waals surface area contributed by atoms with Crippen LogP contribution in [0.2, 0.25) is 0 Å². The zero-order valence-electron chi connectivity index (χ0n) is 12.9. The van der Waals surface area contributed by atoms with E-state index in [4.69, 9.17) is 0 Å². The number of pyridine rings is 1. The Morgan fingerprint density at radius 1 is 1.43 bits per heavy atom. The Kier molecular flexibility index (Phi) is 4.06. The number of piperidine rings is 1. The fourth-order valence-corrected chi connectivity index (χ4v) is 2.92. The molecule has 7 heteroatoms. The van der Waals surface area contributed by atoms with E-state index in [9.17, 15) is 18.7 Å². The van der Waals surface area contributed by atoms with E-state index in [1.54, 1.807) is 6.20 Å². The van der Waals surface area contributed by atoms with Crippen molar-refractivity contribution in [2.75, 3.05) is 13.1 Å². The highest BCUT2D eigenvalue weighted by Crippen LogP contribution is 2.28. The second kappa shape index (κ2) is 5.88. The standard InChI is InChI=1S/C16H19F2N3O2/c1-11-3-2-6-21-10-12(19-14(11)21)9-13(22)20-7-4-16(23,5-8-20)15(17)18/h2-3,6,10,15,23H,4-5,7-9H2,1H3. The summed E-state index contributed by atoms with van der Waals surface area (Å²) in [5.41, 5.74) is 0.517. The highest BCUT2D eigenvalue weighted by molar-refractivity contribution is 5.78. The first-order valence-corrected chi connectivity index (χ1v) is 7.60. The SMILES string of the molecule is Cc1cccn2cc(CC(=O)N3CCC(O)(C(F)F)CC3)nc12. The first kappa shape index (κ1) is 15.9. The molecule has 5 nitrogen and oxygen atoms in total. The van der Waals surface area contributed by atoms with Crippen LogP contribution < -0.4 is 0 Å². The molecule has 1 aliphatic rings. The number of aromatic nitrogens is 2. The third-order valence-corrected chi connectivity index (χ3v) is 4.45. The van der Waals surface area contributed by atoms with Crippen molar-refractivity contribution in [1.29, 1.82) is 0 Å². The molecule has 0 radical (unpaired) electrons. The summed E-state index contributed by atoms with van der Waals surface area (Å²) in [4.78, 5) is 18.3. The third-order valence-electron chi connectivity index (χ3n) is 4.45. The molecule has 0 spiro atoms. The number of aryl methyl sites for hydroxylation is 1. The van der Waals surface area contributed by atoms with Gasteiger partial charge in [-0.25, -0.2) is 13.8 Å². The Morgan fingerprint density at radius 2 is 2.13 bits per heavy atom. The molecule has 2 aromatic rings. The van der Waals surface area contributed by atoms with Crippen LogP contribution in [0.4, 0.5) is 8.78 Å². The quantitative estimate of drug-likeness (QED) is 0.937. The summed E-state index contributed by atoms with van der Waals surface area (Å²) in [5, 5.41) is 9.76. The topological polar surface area (TPSA) is 57.8 Å². The number of nitrogens with zero attached hydrogens (tertiary/aromatic N) is 3. The van der Waals surface area contributed by atoms with Crippen molar-refractivity contribution < 1.29 is 18.7 Å². The van der Waals surface area contributed by atoms with Crippen LogP contribution in [0.15, 0.2) is 24.5 Å². The fourth-order valence-electron chi connectivity index (χ4n) is 2.92. The largest absolute Gasteiger partial charge is 0.384 e. The monoisotopic (exact) mass is 323 g/mol. The van der Waals surface area contributed by atoms with Crippen molar-refractivity contribution >= 4 is 11.6 Å². The molecule has 3 heterocycles. The molecule has 0 bridgehead atoms. The van der Waals surface area contributed by atoms with E-state index >= 15 is 0 Å². The van der Waals surface area contributed by atoms with E-state index in [-0.39, 0.29) is 38.3 Å². The minimum Gasteiger partial charge on any atom is -0.384 e. The summed E-state index contributed by atoms with van der Waals surface area (Å²) in [5.74, 6) is -0.151. The zero-order chi connectivity index (χ0) is 16.6. The lowest BCUT2D eigenvalue weighted by Gasteiger charge is -2.37. The van der Waals surface area contributed by atoms with Crippen LogP contribution in [0.25, 0.3) is 5.65 Å². The van der Waals surface area contributed by atoms with Crippen LogP contribution in [0.3, 0.4) is 0 Å². The van der Waals surface area contributed by atoms with Crippen molar-refractivity contribution in [1.82, 2.24) is 14.3 Å². The predicted octanol–water partition coefficient (Wildman–Crippen LogP) is 1.80. The van der Waals surface area contributed by atoms with Gasteiger partial charge in [0, 0.05) is 25.5 Å².